The second-order valence-electron chi connectivity index (χ2n) is 3.12. The largest absolute Gasteiger partial charge is 0.399 e. The average molecular weight is 148 g/mol. The molecule has 1 aliphatic heterocycles. The summed E-state index contributed by atoms with van der Waals surface area (Å²) in [6.45, 7) is 2.08. The van der Waals surface area contributed by atoms with Gasteiger partial charge in [0.15, 0.2) is 0 Å². The van der Waals surface area contributed by atoms with Gasteiger partial charge in [0, 0.05) is 23.0 Å². The van der Waals surface area contributed by atoms with Crippen molar-refractivity contribution in [2.45, 2.75) is 13.3 Å². The fourth-order valence-corrected chi connectivity index (χ4v) is 1.59. The molecule has 1 aliphatic carbocycles. The van der Waals surface area contributed by atoms with E-state index < -0.39 is 0 Å². The van der Waals surface area contributed by atoms with Gasteiger partial charge in [0.05, 0.1) is 0 Å². The molecule has 0 bridgehead atoms. The topological polar surface area (TPSA) is 38.0 Å². The normalized spacial score (nSPS) is 28.1. The van der Waals surface area contributed by atoms with Crippen LogP contribution in [0.4, 0.5) is 0 Å². The van der Waals surface area contributed by atoms with Crippen molar-refractivity contribution in [3.8, 4) is 0 Å². The lowest BCUT2D eigenvalue weighted by Gasteiger charge is -2.13. The van der Waals surface area contributed by atoms with Gasteiger partial charge in [0.2, 0.25) is 0 Å². The SMILES string of the molecule is CC1=CC2CC=C(N)C=C2N1. The standard InChI is InChI=1S/C9H12N2/c1-6-4-7-2-3-8(10)5-9(7)11-6/h3-5,7,11H,2,10H2,1H3. The van der Waals surface area contributed by atoms with Gasteiger partial charge in [-0.25, -0.2) is 0 Å². The molecule has 0 aromatic rings. The van der Waals surface area contributed by atoms with Crippen LogP contribution < -0.4 is 11.1 Å². The van der Waals surface area contributed by atoms with Gasteiger partial charge in [-0.1, -0.05) is 12.2 Å². The average Bonchev–Trinajstić information content (AvgIpc) is 2.27. The van der Waals surface area contributed by atoms with Gasteiger partial charge in [0.25, 0.3) is 0 Å². The Bertz CT molecular complexity index is 271. The summed E-state index contributed by atoms with van der Waals surface area (Å²) in [5, 5.41) is 3.29. The van der Waals surface area contributed by atoms with Crippen LogP contribution in [0.15, 0.2) is 35.3 Å². The second-order valence-corrected chi connectivity index (χ2v) is 3.12. The Balaban J connectivity index is 2.27. The van der Waals surface area contributed by atoms with Gasteiger partial charge in [-0.15, -0.1) is 0 Å². The van der Waals surface area contributed by atoms with Crippen molar-refractivity contribution in [3.63, 3.8) is 0 Å². The van der Waals surface area contributed by atoms with E-state index in [0.717, 1.165) is 12.1 Å². The zero-order chi connectivity index (χ0) is 7.84. The highest BCUT2D eigenvalue weighted by molar-refractivity contribution is 5.35. The Morgan fingerprint density at radius 1 is 1.64 bits per heavy atom. The van der Waals surface area contributed by atoms with Crippen molar-refractivity contribution in [1.82, 2.24) is 5.32 Å². The number of hydrogen-bond acceptors (Lipinski definition) is 2. The van der Waals surface area contributed by atoms with Crippen LogP contribution in [0, 0.1) is 5.92 Å². The third-order valence-corrected chi connectivity index (χ3v) is 2.12. The summed E-state index contributed by atoms with van der Waals surface area (Å²) in [5.74, 6) is 0.558. The monoisotopic (exact) mass is 148 g/mol. The Morgan fingerprint density at radius 3 is 3.27 bits per heavy atom. The molecule has 0 saturated carbocycles. The van der Waals surface area contributed by atoms with Gasteiger partial charge in [0.1, 0.15) is 0 Å². The lowest BCUT2D eigenvalue weighted by molar-refractivity contribution is 0.744. The first-order chi connectivity index (χ1) is 5.25. The molecule has 0 spiro atoms. The molecule has 2 heteroatoms. The molecule has 58 valence electrons. The van der Waals surface area contributed by atoms with Gasteiger partial charge < -0.3 is 11.1 Å². The Labute approximate surface area is 66.5 Å². The third-order valence-electron chi connectivity index (χ3n) is 2.12. The molecule has 0 radical (unpaired) electrons. The van der Waals surface area contributed by atoms with E-state index >= 15 is 0 Å². The van der Waals surface area contributed by atoms with Crippen molar-refractivity contribution < 1.29 is 0 Å². The zero-order valence-electron chi connectivity index (χ0n) is 6.59. The maximum atomic E-state index is 5.66. The van der Waals surface area contributed by atoms with E-state index in [9.17, 15) is 0 Å². The molecule has 2 aliphatic rings. The Hall–Kier alpha value is -1.18. The van der Waals surface area contributed by atoms with Crippen LogP contribution in [0.2, 0.25) is 0 Å². The van der Waals surface area contributed by atoms with E-state index in [-0.39, 0.29) is 0 Å². The van der Waals surface area contributed by atoms with Gasteiger partial charge in [-0.3, -0.25) is 0 Å². The Morgan fingerprint density at radius 2 is 2.45 bits per heavy atom. The van der Waals surface area contributed by atoms with Crippen molar-refractivity contribution in [2.75, 3.05) is 0 Å². The van der Waals surface area contributed by atoms with E-state index in [2.05, 4.69) is 24.4 Å². The molecule has 2 rings (SSSR count). The first-order valence-electron chi connectivity index (χ1n) is 3.88. The maximum Gasteiger partial charge on any atom is 0.0291 e. The molecule has 1 heterocycles. The number of nitrogens with two attached hydrogens (primary N) is 1. The molecule has 2 nitrogen and oxygen atoms in total. The quantitative estimate of drug-likeness (QED) is 0.542. The van der Waals surface area contributed by atoms with Crippen LogP contribution in [-0.2, 0) is 0 Å². The highest BCUT2D eigenvalue weighted by atomic mass is 14.9. The fourth-order valence-electron chi connectivity index (χ4n) is 1.59. The minimum Gasteiger partial charge on any atom is -0.399 e. The molecule has 3 N–H and O–H groups in total. The molecule has 0 aromatic carbocycles. The summed E-state index contributed by atoms with van der Waals surface area (Å²) in [5.41, 5.74) is 9.03. The maximum absolute atomic E-state index is 5.66. The summed E-state index contributed by atoms with van der Waals surface area (Å²) in [6, 6.07) is 0. The van der Waals surface area contributed by atoms with E-state index in [1.165, 1.54) is 11.4 Å². The molecule has 0 aromatic heterocycles. The first-order valence-corrected chi connectivity index (χ1v) is 3.88. The summed E-state index contributed by atoms with van der Waals surface area (Å²) < 4.78 is 0. The van der Waals surface area contributed by atoms with E-state index in [1.807, 2.05) is 6.08 Å². The van der Waals surface area contributed by atoms with Crippen molar-refractivity contribution in [3.05, 3.63) is 35.3 Å². The molecular weight excluding hydrogens is 136 g/mol. The predicted octanol–water partition coefficient (Wildman–Crippen LogP) is 1.24. The van der Waals surface area contributed by atoms with Crippen LogP contribution in [-0.4, -0.2) is 0 Å². The highest BCUT2D eigenvalue weighted by Gasteiger charge is 2.20. The molecule has 0 saturated heterocycles. The van der Waals surface area contributed by atoms with E-state index in [4.69, 9.17) is 5.73 Å². The number of fused-ring (bicyclic) bond motifs is 1. The zero-order valence-corrected chi connectivity index (χ0v) is 6.59. The number of allylic oxidation sites excluding steroid dienone is 4. The minimum absolute atomic E-state index is 0.558. The summed E-state index contributed by atoms with van der Waals surface area (Å²) in [4.78, 5) is 0. The van der Waals surface area contributed by atoms with Crippen LogP contribution in [0.5, 0.6) is 0 Å². The lowest BCUT2D eigenvalue weighted by atomic mass is 9.98. The molecule has 11 heavy (non-hydrogen) atoms. The summed E-state index contributed by atoms with van der Waals surface area (Å²) in [6.07, 6.45) is 7.38. The van der Waals surface area contributed by atoms with Crippen molar-refractivity contribution in [1.29, 1.82) is 0 Å². The van der Waals surface area contributed by atoms with Crippen LogP contribution in [0.1, 0.15) is 13.3 Å². The number of nitrogens with one attached hydrogen (secondary N) is 1. The van der Waals surface area contributed by atoms with E-state index in [0.29, 0.717) is 5.92 Å². The molecule has 1 unspecified atom stereocenters. The first kappa shape index (κ1) is 6.53. The summed E-state index contributed by atoms with van der Waals surface area (Å²) in [7, 11) is 0. The second kappa shape index (κ2) is 2.16. The lowest BCUT2D eigenvalue weighted by Crippen LogP contribution is -2.13. The van der Waals surface area contributed by atoms with Crippen LogP contribution in [0.3, 0.4) is 0 Å². The van der Waals surface area contributed by atoms with Crippen molar-refractivity contribution in [2.24, 2.45) is 11.7 Å². The van der Waals surface area contributed by atoms with Gasteiger partial charge in [-0.05, 0) is 19.4 Å². The molecule has 0 fully saturated rings. The number of hydrogen-bond donors (Lipinski definition) is 2. The van der Waals surface area contributed by atoms with Crippen LogP contribution >= 0.6 is 0 Å². The number of rotatable bonds is 0. The van der Waals surface area contributed by atoms with Crippen LogP contribution in [0.25, 0.3) is 0 Å². The smallest absolute Gasteiger partial charge is 0.0291 e. The Kier molecular flexibility index (Phi) is 1.28. The van der Waals surface area contributed by atoms with Gasteiger partial charge in [-0.2, -0.15) is 0 Å². The van der Waals surface area contributed by atoms with Gasteiger partial charge >= 0.3 is 0 Å². The third kappa shape index (κ3) is 1.04. The fraction of sp³-hybridized carbons (Fsp3) is 0.333. The molecular formula is C9H12N2. The minimum atomic E-state index is 0.558. The molecule has 0 amide bonds. The summed E-state index contributed by atoms with van der Waals surface area (Å²) >= 11 is 0. The van der Waals surface area contributed by atoms with Crippen molar-refractivity contribution >= 4 is 0 Å². The van der Waals surface area contributed by atoms with E-state index in [1.54, 1.807) is 0 Å². The molecule has 1 atom stereocenters. The predicted molar refractivity (Wildman–Crippen MR) is 45.4 cm³/mol. The highest BCUT2D eigenvalue weighted by Crippen LogP contribution is 2.27.